The van der Waals surface area contributed by atoms with Crippen LogP contribution in [0.25, 0.3) is 0 Å². The van der Waals surface area contributed by atoms with Crippen molar-refractivity contribution in [3.8, 4) is 0 Å². The molecule has 1 atom stereocenters. The van der Waals surface area contributed by atoms with Gasteiger partial charge in [0.1, 0.15) is 17.2 Å². The van der Waals surface area contributed by atoms with Gasteiger partial charge in [-0.1, -0.05) is 0 Å². The Bertz CT molecular complexity index is 480. The minimum Gasteiger partial charge on any atom is -0.383 e. The van der Waals surface area contributed by atoms with Gasteiger partial charge < -0.3 is 16.4 Å². The lowest BCUT2D eigenvalue weighted by atomic mass is 10.1. The zero-order chi connectivity index (χ0) is 14.2. The third-order valence-electron chi connectivity index (χ3n) is 3.53. The number of nitrogen functional groups attached to an aromatic ring is 1. The smallest absolute Gasteiger partial charge is 0.254 e. The second-order valence-corrected chi connectivity index (χ2v) is 5.05. The molecule has 1 aromatic heterocycles. The monoisotopic (exact) mass is 264 g/mol. The van der Waals surface area contributed by atoms with E-state index in [0.29, 0.717) is 11.5 Å². The summed E-state index contributed by atoms with van der Waals surface area (Å²) in [6, 6.07) is 0.0849. The Hall–Kier alpha value is -1.73. The number of amides is 1. The van der Waals surface area contributed by atoms with Crippen molar-refractivity contribution >= 4 is 11.7 Å². The van der Waals surface area contributed by atoms with Gasteiger partial charge in [0.2, 0.25) is 0 Å². The average molecular weight is 264 g/mol. The van der Waals surface area contributed by atoms with Gasteiger partial charge in [0.15, 0.2) is 0 Å². The summed E-state index contributed by atoms with van der Waals surface area (Å²) in [5.41, 5.74) is 11.9. The zero-order valence-electron chi connectivity index (χ0n) is 11.6. The summed E-state index contributed by atoms with van der Waals surface area (Å²) in [5.74, 6) is 0.223. The lowest BCUT2D eigenvalue weighted by Gasteiger charge is -2.36. The van der Waals surface area contributed by atoms with Gasteiger partial charge in [-0.3, -0.25) is 9.69 Å². The first-order chi connectivity index (χ1) is 8.90. The molecule has 0 aromatic carbocycles. The van der Waals surface area contributed by atoms with Gasteiger partial charge in [0.05, 0.1) is 11.7 Å². The molecule has 19 heavy (non-hydrogen) atoms. The van der Waals surface area contributed by atoms with Crippen LogP contribution >= 0.6 is 0 Å². The first-order valence-electron chi connectivity index (χ1n) is 6.22. The second kappa shape index (κ2) is 5.10. The number of piperazine rings is 1. The summed E-state index contributed by atoms with van der Waals surface area (Å²) in [4.78, 5) is 24.4. The number of rotatable bonds is 2. The van der Waals surface area contributed by atoms with Crippen LogP contribution in [0.5, 0.6) is 0 Å². The van der Waals surface area contributed by atoms with Crippen molar-refractivity contribution in [2.75, 3.05) is 39.5 Å². The first kappa shape index (κ1) is 13.7. The topological polar surface area (TPSA) is 101 Å². The molecule has 0 bridgehead atoms. The van der Waals surface area contributed by atoms with E-state index < -0.39 is 5.91 Å². The van der Waals surface area contributed by atoms with Gasteiger partial charge in [0.25, 0.3) is 5.91 Å². The molecule has 1 saturated heterocycles. The van der Waals surface area contributed by atoms with E-state index in [9.17, 15) is 4.79 Å². The lowest BCUT2D eigenvalue weighted by Crippen LogP contribution is -2.45. The predicted octanol–water partition coefficient (Wildman–Crippen LogP) is -0.616. The Balaban J connectivity index is 2.38. The lowest BCUT2D eigenvalue weighted by molar-refractivity contribution is 0.0997. The molecule has 1 unspecified atom stereocenters. The highest BCUT2D eigenvalue weighted by molar-refractivity contribution is 5.98. The number of primary amides is 1. The van der Waals surface area contributed by atoms with Gasteiger partial charge in [-0.15, -0.1) is 0 Å². The molecule has 1 aromatic rings. The molecule has 7 nitrogen and oxygen atoms in total. The summed E-state index contributed by atoms with van der Waals surface area (Å²) < 4.78 is 0. The van der Waals surface area contributed by atoms with Crippen molar-refractivity contribution < 1.29 is 4.79 Å². The van der Waals surface area contributed by atoms with Crippen LogP contribution < -0.4 is 11.5 Å². The first-order valence-corrected chi connectivity index (χ1v) is 6.22. The van der Waals surface area contributed by atoms with E-state index in [4.69, 9.17) is 11.5 Å². The molecule has 2 rings (SSSR count). The normalized spacial score (nSPS) is 21.5. The Morgan fingerprint density at radius 2 is 2.00 bits per heavy atom. The van der Waals surface area contributed by atoms with E-state index in [1.165, 1.54) is 0 Å². The van der Waals surface area contributed by atoms with Crippen molar-refractivity contribution in [1.82, 2.24) is 19.8 Å². The molecule has 2 heterocycles. The summed E-state index contributed by atoms with van der Waals surface area (Å²) in [6.07, 6.45) is 0. The van der Waals surface area contributed by atoms with Crippen LogP contribution in [-0.2, 0) is 0 Å². The number of anilines is 1. The van der Waals surface area contributed by atoms with Gasteiger partial charge in [-0.25, -0.2) is 9.97 Å². The molecule has 0 spiro atoms. The molecule has 1 aliphatic rings. The number of carbonyl (C=O) groups excluding carboxylic acids is 1. The molecule has 0 aliphatic carbocycles. The van der Waals surface area contributed by atoms with Crippen molar-refractivity contribution in [3.63, 3.8) is 0 Å². The van der Waals surface area contributed by atoms with Gasteiger partial charge in [-0.2, -0.15) is 0 Å². The van der Waals surface area contributed by atoms with Crippen LogP contribution in [-0.4, -0.2) is 59.4 Å². The van der Waals surface area contributed by atoms with Crippen LogP contribution in [0.15, 0.2) is 0 Å². The Morgan fingerprint density at radius 3 is 2.58 bits per heavy atom. The third-order valence-corrected chi connectivity index (χ3v) is 3.53. The van der Waals surface area contributed by atoms with Crippen LogP contribution in [0.4, 0.5) is 5.82 Å². The molecule has 104 valence electrons. The third kappa shape index (κ3) is 2.66. The number of aryl methyl sites for hydroxylation is 1. The van der Waals surface area contributed by atoms with Crippen molar-refractivity contribution in [1.29, 1.82) is 0 Å². The van der Waals surface area contributed by atoms with Gasteiger partial charge >= 0.3 is 0 Å². The molecule has 0 radical (unpaired) electrons. The molecule has 0 saturated carbocycles. The van der Waals surface area contributed by atoms with E-state index in [2.05, 4.69) is 26.8 Å². The highest BCUT2D eigenvalue weighted by Gasteiger charge is 2.27. The summed E-state index contributed by atoms with van der Waals surface area (Å²) in [7, 11) is 4.10. The van der Waals surface area contributed by atoms with Crippen LogP contribution in [0.3, 0.4) is 0 Å². The number of nitrogens with two attached hydrogens (primary N) is 2. The van der Waals surface area contributed by atoms with Gasteiger partial charge in [-0.05, 0) is 21.0 Å². The van der Waals surface area contributed by atoms with E-state index in [-0.39, 0.29) is 17.4 Å². The minimum atomic E-state index is -0.587. The Kier molecular flexibility index (Phi) is 3.68. The largest absolute Gasteiger partial charge is 0.383 e. The maximum Gasteiger partial charge on any atom is 0.254 e. The van der Waals surface area contributed by atoms with Crippen LogP contribution in [0.1, 0.15) is 27.9 Å². The molecular weight excluding hydrogens is 244 g/mol. The molecule has 7 heteroatoms. The SMILES string of the molecule is Cc1nc(C2CN(C)CCN2C)nc(N)c1C(N)=O. The molecule has 4 N–H and O–H groups in total. The maximum atomic E-state index is 11.3. The maximum absolute atomic E-state index is 11.3. The number of carbonyl (C=O) groups is 1. The van der Waals surface area contributed by atoms with E-state index >= 15 is 0 Å². The van der Waals surface area contributed by atoms with Crippen molar-refractivity contribution in [3.05, 3.63) is 17.1 Å². The van der Waals surface area contributed by atoms with E-state index in [1.54, 1.807) is 6.92 Å². The Morgan fingerprint density at radius 1 is 1.32 bits per heavy atom. The van der Waals surface area contributed by atoms with Crippen LogP contribution in [0.2, 0.25) is 0 Å². The second-order valence-electron chi connectivity index (χ2n) is 5.05. The zero-order valence-corrected chi connectivity index (χ0v) is 11.6. The minimum absolute atomic E-state index is 0.0849. The number of nitrogens with zero attached hydrogens (tertiary/aromatic N) is 4. The molecular formula is C12H20N6O. The van der Waals surface area contributed by atoms with Gasteiger partial charge in [0, 0.05) is 19.6 Å². The average Bonchev–Trinajstić information content (AvgIpc) is 2.30. The fourth-order valence-electron chi connectivity index (χ4n) is 2.36. The summed E-state index contributed by atoms with van der Waals surface area (Å²) >= 11 is 0. The summed E-state index contributed by atoms with van der Waals surface area (Å²) in [5, 5.41) is 0. The number of hydrogen-bond acceptors (Lipinski definition) is 6. The fourth-order valence-corrected chi connectivity index (χ4v) is 2.36. The van der Waals surface area contributed by atoms with E-state index in [1.807, 2.05) is 7.05 Å². The Labute approximate surface area is 112 Å². The molecule has 1 aliphatic heterocycles. The highest BCUT2D eigenvalue weighted by Crippen LogP contribution is 2.23. The van der Waals surface area contributed by atoms with Crippen molar-refractivity contribution in [2.45, 2.75) is 13.0 Å². The standard InChI is InChI=1S/C12H20N6O/c1-7-9(11(14)19)10(13)16-12(15-7)8-6-17(2)4-5-18(8)3/h8H,4-6H2,1-3H3,(H2,14,19)(H2,13,15,16). The fraction of sp³-hybridized carbons (Fsp3) is 0.583. The number of likely N-dealkylation sites (N-methyl/N-ethyl adjacent to an activating group) is 2. The molecule has 1 amide bonds. The summed E-state index contributed by atoms with van der Waals surface area (Å²) in [6.45, 7) is 4.53. The van der Waals surface area contributed by atoms with Crippen LogP contribution in [0, 0.1) is 6.92 Å². The highest BCUT2D eigenvalue weighted by atomic mass is 16.1. The number of hydrogen-bond donors (Lipinski definition) is 2. The quantitative estimate of drug-likeness (QED) is 0.738. The molecule has 1 fully saturated rings. The number of aromatic nitrogens is 2. The predicted molar refractivity (Wildman–Crippen MR) is 72.6 cm³/mol. The van der Waals surface area contributed by atoms with Crippen molar-refractivity contribution in [2.24, 2.45) is 5.73 Å². The van der Waals surface area contributed by atoms with E-state index in [0.717, 1.165) is 19.6 Å².